The van der Waals surface area contributed by atoms with Crippen LogP contribution in [0.3, 0.4) is 0 Å². The lowest BCUT2D eigenvalue weighted by molar-refractivity contribution is -0.137. The second-order valence-electron chi connectivity index (χ2n) is 7.56. The maximum atomic E-state index is 13.1. The van der Waals surface area contributed by atoms with E-state index in [-0.39, 0.29) is 23.7 Å². The molecule has 3 rings (SSSR count). The summed E-state index contributed by atoms with van der Waals surface area (Å²) >= 11 is -2.23. The number of alkyl halides is 3. The van der Waals surface area contributed by atoms with E-state index in [1.807, 2.05) is 0 Å². The highest BCUT2D eigenvalue weighted by Gasteiger charge is 2.30. The van der Waals surface area contributed by atoms with E-state index in [0.717, 1.165) is 16.7 Å². The highest BCUT2D eigenvalue weighted by atomic mass is 32.2. The van der Waals surface area contributed by atoms with Gasteiger partial charge in [-0.2, -0.15) is 13.2 Å². The summed E-state index contributed by atoms with van der Waals surface area (Å²) in [7, 11) is 1.62. The SMILES string of the molecule is Cc1ccc(C(=O)NCc2ccc(N(C)CS(=O)[O-])cc2)c(=O)n1-c1cccc(C(F)(F)F)c1. The molecule has 1 atom stereocenters. The number of nitrogens with one attached hydrogen (secondary N) is 1. The molecule has 0 radical (unpaired) electrons. The topological polar surface area (TPSA) is 94.5 Å². The molecule has 3 aromatic rings. The number of aryl methyl sites for hydroxylation is 1. The molecule has 1 unspecified atom stereocenters. The molecule has 0 saturated carbocycles. The van der Waals surface area contributed by atoms with Crippen LogP contribution in [0.5, 0.6) is 0 Å². The van der Waals surface area contributed by atoms with Crippen LogP contribution < -0.4 is 15.8 Å². The summed E-state index contributed by atoms with van der Waals surface area (Å²) < 4.78 is 62.0. The lowest BCUT2D eigenvalue weighted by Crippen LogP contribution is -2.33. The molecule has 0 aliphatic rings. The first-order valence-electron chi connectivity index (χ1n) is 10.0. The van der Waals surface area contributed by atoms with Gasteiger partial charge in [-0.3, -0.25) is 18.4 Å². The van der Waals surface area contributed by atoms with Crippen molar-refractivity contribution in [3.05, 3.63) is 93.4 Å². The minimum atomic E-state index is -4.57. The number of hydrogen-bond acceptors (Lipinski definition) is 5. The van der Waals surface area contributed by atoms with E-state index < -0.39 is 34.3 Å². The van der Waals surface area contributed by atoms with Crippen LogP contribution in [0.4, 0.5) is 18.9 Å². The second kappa shape index (κ2) is 10.2. The summed E-state index contributed by atoms with van der Waals surface area (Å²) in [6.45, 7) is 1.65. The van der Waals surface area contributed by atoms with E-state index in [1.165, 1.54) is 29.2 Å². The average Bonchev–Trinajstić information content (AvgIpc) is 2.77. The Morgan fingerprint density at radius 3 is 2.41 bits per heavy atom. The molecule has 11 heteroatoms. The molecule has 0 spiro atoms. The highest BCUT2D eigenvalue weighted by Crippen LogP contribution is 2.30. The van der Waals surface area contributed by atoms with E-state index >= 15 is 0 Å². The molecule has 0 saturated heterocycles. The first-order chi connectivity index (χ1) is 16.0. The van der Waals surface area contributed by atoms with Crippen LogP contribution in [0.25, 0.3) is 5.69 Å². The lowest BCUT2D eigenvalue weighted by Gasteiger charge is -2.20. The molecule has 2 aromatic carbocycles. The Kier molecular flexibility index (Phi) is 7.57. The Labute approximate surface area is 196 Å². The van der Waals surface area contributed by atoms with Crippen LogP contribution in [-0.4, -0.2) is 32.2 Å². The molecule has 0 fully saturated rings. The maximum absolute atomic E-state index is 13.1. The van der Waals surface area contributed by atoms with Gasteiger partial charge in [0.25, 0.3) is 11.5 Å². The van der Waals surface area contributed by atoms with Crippen LogP contribution in [0.1, 0.15) is 27.2 Å². The predicted molar refractivity (Wildman–Crippen MR) is 122 cm³/mol. The number of carbonyl (C=O) groups excluding carboxylic acids is 1. The molecule has 1 aromatic heterocycles. The number of aromatic nitrogens is 1. The average molecular weight is 492 g/mol. The summed E-state index contributed by atoms with van der Waals surface area (Å²) in [4.78, 5) is 27.2. The van der Waals surface area contributed by atoms with Gasteiger partial charge in [-0.05, 0) is 66.0 Å². The fourth-order valence-corrected chi connectivity index (χ4v) is 3.79. The quantitative estimate of drug-likeness (QED) is 0.511. The predicted octanol–water partition coefficient (Wildman–Crippen LogP) is 3.37. The van der Waals surface area contributed by atoms with Crippen molar-refractivity contribution in [2.45, 2.75) is 19.6 Å². The van der Waals surface area contributed by atoms with E-state index in [0.29, 0.717) is 16.9 Å². The normalized spacial score (nSPS) is 12.3. The molecular weight excluding hydrogens is 471 g/mol. The zero-order valence-electron chi connectivity index (χ0n) is 18.3. The van der Waals surface area contributed by atoms with Crippen molar-refractivity contribution in [1.29, 1.82) is 0 Å². The third-order valence-electron chi connectivity index (χ3n) is 5.08. The van der Waals surface area contributed by atoms with Crippen molar-refractivity contribution in [2.75, 3.05) is 17.8 Å². The Balaban J connectivity index is 1.79. The van der Waals surface area contributed by atoms with Crippen LogP contribution in [0.15, 0.2) is 65.5 Å². The van der Waals surface area contributed by atoms with Gasteiger partial charge in [-0.15, -0.1) is 0 Å². The smallest absolute Gasteiger partial charge is 0.416 e. The number of benzene rings is 2. The summed E-state index contributed by atoms with van der Waals surface area (Å²) in [6.07, 6.45) is -4.57. The first-order valence-corrected chi connectivity index (χ1v) is 11.3. The number of nitrogens with zero attached hydrogens (tertiary/aromatic N) is 2. The van der Waals surface area contributed by atoms with Gasteiger partial charge in [0, 0.05) is 30.7 Å². The molecule has 0 aliphatic heterocycles. The number of halogens is 3. The van der Waals surface area contributed by atoms with Gasteiger partial charge in [0.05, 0.1) is 11.4 Å². The summed E-state index contributed by atoms with van der Waals surface area (Å²) in [5.41, 5.74) is -0.0930. The molecule has 0 aliphatic carbocycles. The van der Waals surface area contributed by atoms with Gasteiger partial charge in [0.1, 0.15) is 5.56 Å². The highest BCUT2D eigenvalue weighted by molar-refractivity contribution is 7.79. The van der Waals surface area contributed by atoms with Gasteiger partial charge < -0.3 is 14.8 Å². The Morgan fingerprint density at radius 2 is 1.79 bits per heavy atom. The number of anilines is 1. The third kappa shape index (κ3) is 5.91. The molecule has 7 nitrogen and oxygen atoms in total. The zero-order chi connectivity index (χ0) is 25.0. The summed E-state index contributed by atoms with van der Waals surface area (Å²) in [5.74, 6) is -0.838. The Hall–Kier alpha value is -3.44. The summed E-state index contributed by atoms with van der Waals surface area (Å²) in [5, 5.41) is 2.63. The van der Waals surface area contributed by atoms with Gasteiger partial charge in [0.2, 0.25) is 0 Å². The standard InChI is InChI=1S/C23H22F3N3O4S/c1-15-6-11-20(22(31)29(15)19-5-3-4-17(12-19)23(24,25)26)21(30)27-13-16-7-9-18(10-8-16)28(2)14-34(32)33/h3-12H,13-14H2,1-2H3,(H,27,30)(H,32,33)/p-1. The fraction of sp³-hybridized carbons (Fsp3) is 0.217. The third-order valence-corrected chi connectivity index (χ3v) is 5.68. The maximum Gasteiger partial charge on any atom is 0.416 e. The van der Waals surface area contributed by atoms with E-state index in [9.17, 15) is 31.5 Å². The molecule has 34 heavy (non-hydrogen) atoms. The number of amides is 1. The molecule has 1 heterocycles. The van der Waals surface area contributed by atoms with E-state index in [4.69, 9.17) is 0 Å². The van der Waals surface area contributed by atoms with Gasteiger partial charge >= 0.3 is 6.18 Å². The molecule has 1 amide bonds. The van der Waals surface area contributed by atoms with Crippen LogP contribution in [0, 0.1) is 6.92 Å². The minimum Gasteiger partial charge on any atom is -0.771 e. The van der Waals surface area contributed by atoms with Crippen molar-refractivity contribution in [3.63, 3.8) is 0 Å². The molecule has 0 bridgehead atoms. The molecular formula is C23H21F3N3O4S-. The molecule has 1 N–H and O–H groups in total. The monoisotopic (exact) mass is 492 g/mol. The minimum absolute atomic E-state index is 0.00527. The van der Waals surface area contributed by atoms with Crippen molar-refractivity contribution in [1.82, 2.24) is 9.88 Å². The lowest BCUT2D eigenvalue weighted by atomic mass is 10.1. The Morgan fingerprint density at radius 1 is 1.12 bits per heavy atom. The van der Waals surface area contributed by atoms with Gasteiger partial charge in [0.15, 0.2) is 0 Å². The Bertz CT molecular complexity index is 1270. The van der Waals surface area contributed by atoms with Gasteiger partial charge in [-0.1, -0.05) is 18.2 Å². The molecule has 180 valence electrons. The van der Waals surface area contributed by atoms with Crippen LogP contribution in [-0.2, 0) is 23.8 Å². The zero-order valence-corrected chi connectivity index (χ0v) is 19.1. The number of carbonyl (C=O) groups is 1. The fourth-order valence-electron chi connectivity index (χ4n) is 3.32. The van der Waals surface area contributed by atoms with E-state index in [1.54, 1.807) is 38.2 Å². The van der Waals surface area contributed by atoms with Crippen molar-refractivity contribution in [3.8, 4) is 5.69 Å². The van der Waals surface area contributed by atoms with Crippen molar-refractivity contribution >= 4 is 22.7 Å². The van der Waals surface area contributed by atoms with E-state index in [2.05, 4.69) is 5.32 Å². The van der Waals surface area contributed by atoms with Gasteiger partial charge in [-0.25, -0.2) is 0 Å². The number of rotatable bonds is 7. The van der Waals surface area contributed by atoms with Crippen molar-refractivity contribution < 1.29 is 26.7 Å². The summed E-state index contributed by atoms with van der Waals surface area (Å²) in [6, 6.07) is 14.0. The first kappa shape index (κ1) is 25.2. The van der Waals surface area contributed by atoms with Crippen molar-refractivity contribution in [2.24, 2.45) is 0 Å². The van der Waals surface area contributed by atoms with Crippen LogP contribution in [0.2, 0.25) is 0 Å². The largest absolute Gasteiger partial charge is 0.771 e. The number of pyridine rings is 1. The van der Waals surface area contributed by atoms with Crippen LogP contribution >= 0.6 is 0 Å². The number of hydrogen-bond donors (Lipinski definition) is 1. The second-order valence-corrected chi connectivity index (χ2v) is 8.42.